The summed E-state index contributed by atoms with van der Waals surface area (Å²) < 4.78 is 5.59. The van der Waals surface area contributed by atoms with Crippen LogP contribution in [0.15, 0.2) is 0 Å². The van der Waals surface area contributed by atoms with E-state index < -0.39 is 0 Å². The lowest BCUT2D eigenvalue weighted by molar-refractivity contribution is 0.0950. The number of ether oxygens (including phenoxy) is 1. The third-order valence-corrected chi connectivity index (χ3v) is 3.19. The summed E-state index contributed by atoms with van der Waals surface area (Å²) in [5, 5.41) is 3.43. The molecule has 0 bridgehead atoms. The van der Waals surface area contributed by atoms with Gasteiger partial charge in [-0.1, -0.05) is 19.8 Å². The Hall–Kier alpha value is -0.0800. The highest BCUT2D eigenvalue weighted by atomic mass is 16.5. The van der Waals surface area contributed by atoms with Gasteiger partial charge in [0.25, 0.3) is 0 Å². The van der Waals surface area contributed by atoms with Crippen LogP contribution in [0.1, 0.15) is 39.5 Å². The predicted molar refractivity (Wildman–Crippen MR) is 55.9 cm³/mol. The molecule has 3 unspecified atom stereocenters. The highest BCUT2D eigenvalue weighted by Gasteiger charge is 2.30. The van der Waals surface area contributed by atoms with Crippen LogP contribution in [0.2, 0.25) is 0 Å². The van der Waals surface area contributed by atoms with E-state index in [0.29, 0.717) is 12.1 Å². The summed E-state index contributed by atoms with van der Waals surface area (Å²) >= 11 is 0. The molecule has 1 heterocycles. The predicted octanol–water partition coefficient (Wildman–Crippen LogP) is 2.19. The molecule has 0 aromatic heterocycles. The van der Waals surface area contributed by atoms with Crippen LogP contribution < -0.4 is 5.32 Å². The van der Waals surface area contributed by atoms with Crippen LogP contribution in [0.25, 0.3) is 0 Å². The largest absolute Gasteiger partial charge is 0.378 e. The Bertz CT molecular complexity index is 138. The Kier molecular flexibility index (Phi) is 4.74. The van der Waals surface area contributed by atoms with E-state index in [-0.39, 0.29) is 0 Å². The number of nitrogens with one attached hydrogen (secondary N) is 1. The topological polar surface area (TPSA) is 21.3 Å². The van der Waals surface area contributed by atoms with Gasteiger partial charge in [-0.05, 0) is 26.8 Å². The molecule has 2 nitrogen and oxygen atoms in total. The zero-order valence-electron chi connectivity index (χ0n) is 9.18. The second kappa shape index (κ2) is 5.61. The van der Waals surface area contributed by atoms with Gasteiger partial charge in [0.15, 0.2) is 0 Å². The summed E-state index contributed by atoms with van der Waals surface area (Å²) in [5.74, 6) is 0.733. The molecule has 3 atom stereocenters. The van der Waals surface area contributed by atoms with Gasteiger partial charge in [-0.25, -0.2) is 0 Å². The third kappa shape index (κ3) is 2.96. The Morgan fingerprint density at radius 3 is 2.77 bits per heavy atom. The molecule has 0 amide bonds. The van der Waals surface area contributed by atoms with E-state index in [4.69, 9.17) is 4.74 Å². The molecule has 0 radical (unpaired) electrons. The first-order valence-electron chi connectivity index (χ1n) is 5.58. The van der Waals surface area contributed by atoms with Crippen molar-refractivity contribution >= 4 is 0 Å². The lowest BCUT2D eigenvalue weighted by Gasteiger charge is -2.25. The van der Waals surface area contributed by atoms with Crippen molar-refractivity contribution in [1.29, 1.82) is 0 Å². The number of rotatable bonds is 5. The fourth-order valence-electron chi connectivity index (χ4n) is 2.27. The van der Waals surface area contributed by atoms with Crippen molar-refractivity contribution in [2.75, 3.05) is 13.7 Å². The van der Waals surface area contributed by atoms with Crippen LogP contribution in [-0.2, 0) is 4.74 Å². The maximum absolute atomic E-state index is 5.59. The van der Waals surface area contributed by atoms with Gasteiger partial charge in [0.2, 0.25) is 0 Å². The van der Waals surface area contributed by atoms with E-state index in [9.17, 15) is 0 Å². The Morgan fingerprint density at radius 2 is 2.31 bits per heavy atom. The van der Waals surface area contributed by atoms with Crippen molar-refractivity contribution in [3.8, 4) is 0 Å². The fraction of sp³-hybridized carbons (Fsp3) is 1.00. The summed E-state index contributed by atoms with van der Waals surface area (Å²) in [6.45, 7) is 5.41. The molecule has 0 saturated carbocycles. The minimum Gasteiger partial charge on any atom is -0.378 e. The summed E-state index contributed by atoms with van der Waals surface area (Å²) in [7, 11) is 2.07. The fourth-order valence-corrected chi connectivity index (χ4v) is 2.27. The van der Waals surface area contributed by atoms with Crippen LogP contribution in [0.3, 0.4) is 0 Å². The van der Waals surface area contributed by atoms with E-state index in [0.717, 1.165) is 12.5 Å². The lowest BCUT2D eigenvalue weighted by Crippen LogP contribution is -2.36. The van der Waals surface area contributed by atoms with Gasteiger partial charge in [-0.15, -0.1) is 0 Å². The summed E-state index contributed by atoms with van der Waals surface area (Å²) in [5.41, 5.74) is 0. The van der Waals surface area contributed by atoms with Crippen LogP contribution in [0, 0.1) is 5.92 Å². The average Bonchev–Trinajstić information content (AvgIpc) is 2.54. The van der Waals surface area contributed by atoms with E-state index in [1.165, 1.54) is 25.7 Å². The maximum Gasteiger partial charge on any atom is 0.0590 e. The lowest BCUT2D eigenvalue weighted by atomic mass is 9.90. The van der Waals surface area contributed by atoms with Crippen molar-refractivity contribution in [2.24, 2.45) is 5.92 Å². The van der Waals surface area contributed by atoms with E-state index in [2.05, 4.69) is 26.2 Å². The van der Waals surface area contributed by atoms with Crippen molar-refractivity contribution in [3.63, 3.8) is 0 Å². The zero-order valence-corrected chi connectivity index (χ0v) is 9.18. The minimum atomic E-state index is 0.453. The highest BCUT2D eigenvalue weighted by Crippen LogP contribution is 2.26. The molecule has 1 rings (SSSR count). The van der Waals surface area contributed by atoms with E-state index in [1.54, 1.807) is 0 Å². The number of hydrogen-bond donors (Lipinski definition) is 1. The van der Waals surface area contributed by atoms with Crippen LogP contribution in [0.5, 0.6) is 0 Å². The second-order valence-corrected chi connectivity index (χ2v) is 4.07. The Labute approximate surface area is 82.0 Å². The summed E-state index contributed by atoms with van der Waals surface area (Å²) in [4.78, 5) is 0. The SMILES string of the molecule is CCCCC(NC)C1CCOC1C. The first-order chi connectivity index (χ1) is 6.29. The first kappa shape index (κ1) is 11.0. The Morgan fingerprint density at radius 1 is 1.54 bits per heavy atom. The van der Waals surface area contributed by atoms with Crippen molar-refractivity contribution < 1.29 is 4.74 Å². The van der Waals surface area contributed by atoms with E-state index >= 15 is 0 Å². The molecule has 0 aromatic carbocycles. The van der Waals surface area contributed by atoms with Crippen molar-refractivity contribution in [3.05, 3.63) is 0 Å². The summed E-state index contributed by atoms with van der Waals surface area (Å²) in [6.07, 6.45) is 5.60. The van der Waals surface area contributed by atoms with Gasteiger partial charge < -0.3 is 10.1 Å². The van der Waals surface area contributed by atoms with Gasteiger partial charge in [0.05, 0.1) is 6.10 Å². The standard InChI is InChI=1S/C11H23NO/c1-4-5-6-11(12-3)10-7-8-13-9(10)2/h9-12H,4-8H2,1-3H3. The maximum atomic E-state index is 5.59. The average molecular weight is 185 g/mol. The molecular weight excluding hydrogens is 162 g/mol. The Balaban J connectivity index is 2.35. The normalized spacial score (nSPS) is 30.7. The van der Waals surface area contributed by atoms with Gasteiger partial charge in [-0.3, -0.25) is 0 Å². The molecular formula is C11H23NO. The molecule has 1 fully saturated rings. The molecule has 0 spiro atoms. The molecule has 1 aliphatic heterocycles. The third-order valence-electron chi connectivity index (χ3n) is 3.19. The van der Waals surface area contributed by atoms with Crippen LogP contribution in [-0.4, -0.2) is 25.8 Å². The quantitative estimate of drug-likeness (QED) is 0.709. The van der Waals surface area contributed by atoms with Crippen LogP contribution >= 0.6 is 0 Å². The van der Waals surface area contributed by atoms with Gasteiger partial charge in [0.1, 0.15) is 0 Å². The number of hydrogen-bond acceptors (Lipinski definition) is 2. The monoisotopic (exact) mass is 185 g/mol. The zero-order chi connectivity index (χ0) is 9.68. The highest BCUT2D eigenvalue weighted by molar-refractivity contribution is 4.83. The first-order valence-corrected chi connectivity index (χ1v) is 5.58. The van der Waals surface area contributed by atoms with Crippen molar-refractivity contribution in [2.45, 2.75) is 51.7 Å². The van der Waals surface area contributed by atoms with E-state index in [1.807, 2.05) is 0 Å². The molecule has 78 valence electrons. The van der Waals surface area contributed by atoms with Gasteiger partial charge in [-0.2, -0.15) is 0 Å². The molecule has 13 heavy (non-hydrogen) atoms. The molecule has 0 aliphatic carbocycles. The molecule has 2 heteroatoms. The molecule has 1 aliphatic rings. The van der Waals surface area contributed by atoms with Crippen LogP contribution in [0.4, 0.5) is 0 Å². The van der Waals surface area contributed by atoms with Gasteiger partial charge >= 0.3 is 0 Å². The molecule has 0 aromatic rings. The van der Waals surface area contributed by atoms with Gasteiger partial charge in [0, 0.05) is 18.6 Å². The molecule has 1 N–H and O–H groups in total. The minimum absolute atomic E-state index is 0.453. The summed E-state index contributed by atoms with van der Waals surface area (Å²) in [6, 6.07) is 0.664. The number of unbranched alkanes of at least 4 members (excludes halogenated alkanes) is 1. The smallest absolute Gasteiger partial charge is 0.0590 e. The van der Waals surface area contributed by atoms with Crippen molar-refractivity contribution in [1.82, 2.24) is 5.32 Å². The molecule has 1 saturated heterocycles. The second-order valence-electron chi connectivity index (χ2n) is 4.07.